The first-order valence-electron chi connectivity index (χ1n) is 7.12. The summed E-state index contributed by atoms with van der Waals surface area (Å²) in [6, 6.07) is 3.28. The van der Waals surface area contributed by atoms with Crippen LogP contribution in [0.3, 0.4) is 0 Å². The van der Waals surface area contributed by atoms with Crippen molar-refractivity contribution in [2.45, 2.75) is 24.4 Å². The van der Waals surface area contributed by atoms with E-state index >= 15 is 0 Å². The Bertz CT molecular complexity index is 515. The molecule has 1 saturated carbocycles. The Hall–Kier alpha value is -1.73. The molecule has 0 aromatic heterocycles. The predicted octanol–water partition coefficient (Wildman–Crippen LogP) is 1.30. The highest BCUT2D eigenvalue weighted by Gasteiger charge is 2.47. The number of carbonyl (C=O) groups excluding carboxylic acids is 1. The molecule has 0 radical (unpaired) electrons. The summed E-state index contributed by atoms with van der Waals surface area (Å²) in [5, 5.41) is 14.5. The first kappa shape index (κ1) is 16.6. The molecule has 1 aliphatic rings. The largest absolute Gasteiger partial charge is 0.389 e. The fraction of sp³-hybridized carbons (Fsp3) is 0.533. The van der Waals surface area contributed by atoms with Gasteiger partial charge in [0.25, 0.3) is 0 Å². The van der Waals surface area contributed by atoms with E-state index < -0.39 is 29.2 Å². The van der Waals surface area contributed by atoms with Crippen molar-refractivity contribution in [3.63, 3.8) is 0 Å². The van der Waals surface area contributed by atoms with Crippen molar-refractivity contribution >= 4 is 6.03 Å². The van der Waals surface area contributed by atoms with Gasteiger partial charge in [0, 0.05) is 31.2 Å². The van der Waals surface area contributed by atoms with E-state index in [1.165, 1.54) is 25.3 Å². The number of nitrogens with one attached hydrogen (secondary N) is 2. The Kier molecular flexibility index (Phi) is 5.31. The van der Waals surface area contributed by atoms with Gasteiger partial charge in [-0.1, -0.05) is 6.07 Å². The topological polar surface area (TPSA) is 70.6 Å². The fourth-order valence-corrected chi connectivity index (χ4v) is 2.44. The van der Waals surface area contributed by atoms with Crippen LogP contribution in [0.4, 0.5) is 13.6 Å². The Morgan fingerprint density at radius 2 is 2.00 bits per heavy atom. The molecule has 1 atom stereocenters. The molecule has 1 aromatic rings. The Labute approximate surface area is 127 Å². The van der Waals surface area contributed by atoms with Crippen LogP contribution in [0.25, 0.3) is 0 Å². The summed E-state index contributed by atoms with van der Waals surface area (Å²) in [7, 11) is 1.45. The number of amides is 2. The van der Waals surface area contributed by atoms with Crippen LogP contribution in [0.5, 0.6) is 0 Å². The van der Waals surface area contributed by atoms with Gasteiger partial charge in [0.2, 0.25) is 0 Å². The summed E-state index contributed by atoms with van der Waals surface area (Å²) in [6.07, 6.45) is 0.448. The van der Waals surface area contributed by atoms with Gasteiger partial charge >= 0.3 is 6.03 Å². The van der Waals surface area contributed by atoms with E-state index in [1.807, 2.05) is 0 Å². The standard InChI is InChI=1S/C15H20F2N2O3/c1-22-8-10(20)7-18-14(21)19-9-15(5-6-15)13-11(16)3-2-4-12(13)17/h2-4,10,20H,5-9H2,1H3,(H2,18,19,21). The number of methoxy groups -OCH3 is 1. The van der Waals surface area contributed by atoms with Crippen LogP contribution in [-0.4, -0.2) is 44.0 Å². The molecule has 0 saturated heterocycles. The summed E-state index contributed by atoms with van der Waals surface area (Å²) in [6.45, 7) is 0.308. The highest BCUT2D eigenvalue weighted by atomic mass is 19.1. The number of carbonyl (C=O) groups is 1. The number of ether oxygens (including phenoxy) is 1. The molecule has 2 rings (SSSR count). The maximum atomic E-state index is 13.8. The van der Waals surface area contributed by atoms with Gasteiger partial charge in [-0.05, 0) is 25.0 Å². The van der Waals surface area contributed by atoms with Crippen molar-refractivity contribution < 1.29 is 23.4 Å². The zero-order chi connectivity index (χ0) is 16.2. The maximum absolute atomic E-state index is 13.8. The highest BCUT2D eigenvalue weighted by Crippen LogP contribution is 2.49. The van der Waals surface area contributed by atoms with E-state index in [1.54, 1.807) is 0 Å². The maximum Gasteiger partial charge on any atom is 0.314 e. The van der Waals surface area contributed by atoms with Gasteiger partial charge in [0.05, 0.1) is 12.7 Å². The van der Waals surface area contributed by atoms with Crippen molar-refractivity contribution in [2.24, 2.45) is 0 Å². The third kappa shape index (κ3) is 3.92. The van der Waals surface area contributed by atoms with Crippen LogP contribution >= 0.6 is 0 Å². The predicted molar refractivity (Wildman–Crippen MR) is 76.6 cm³/mol. The summed E-state index contributed by atoms with van der Waals surface area (Å²) >= 11 is 0. The molecule has 5 nitrogen and oxygen atoms in total. The van der Waals surface area contributed by atoms with Crippen molar-refractivity contribution in [1.29, 1.82) is 0 Å². The van der Waals surface area contributed by atoms with Gasteiger partial charge in [0.1, 0.15) is 11.6 Å². The first-order valence-corrected chi connectivity index (χ1v) is 7.12. The van der Waals surface area contributed by atoms with Crippen molar-refractivity contribution in [1.82, 2.24) is 10.6 Å². The van der Waals surface area contributed by atoms with Crippen LogP contribution in [0, 0.1) is 11.6 Å². The lowest BCUT2D eigenvalue weighted by Crippen LogP contribution is -2.43. The number of benzene rings is 1. The first-order chi connectivity index (χ1) is 10.5. The van der Waals surface area contributed by atoms with Crippen molar-refractivity contribution in [3.8, 4) is 0 Å². The molecule has 1 aliphatic carbocycles. The highest BCUT2D eigenvalue weighted by molar-refractivity contribution is 5.74. The van der Waals surface area contributed by atoms with Crippen LogP contribution in [0.2, 0.25) is 0 Å². The molecule has 3 N–H and O–H groups in total. The summed E-state index contributed by atoms with van der Waals surface area (Å²) in [4.78, 5) is 11.7. The summed E-state index contributed by atoms with van der Waals surface area (Å²) < 4.78 is 32.4. The quantitative estimate of drug-likeness (QED) is 0.710. The number of rotatable bonds is 7. The smallest absolute Gasteiger partial charge is 0.314 e. The Morgan fingerprint density at radius 3 is 2.55 bits per heavy atom. The number of hydrogen-bond acceptors (Lipinski definition) is 3. The van der Waals surface area contributed by atoms with Crippen LogP contribution in [0.15, 0.2) is 18.2 Å². The minimum atomic E-state index is -0.797. The summed E-state index contributed by atoms with van der Waals surface area (Å²) in [5.74, 6) is -1.18. The Morgan fingerprint density at radius 1 is 1.36 bits per heavy atom. The van der Waals surface area contributed by atoms with Gasteiger partial charge in [0.15, 0.2) is 0 Å². The molecule has 1 aromatic carbocycles. The molecule has 1 unspecified atom stereocenters. The van der Waals surface area contributed by atoms with E-state index in [9.17, 15) is 18.7 Å². The lowest BCUT2D eigenvalue weighted by molar-refractivity contribution is 0.0659. The molecule has 2 amide bonds. The molecular formula is C15H20F2N2O3. The van der Waals surface area contributed by atoms with Crippen molar-refractivity contribution in [2.75, 3.05) is 26.8 Å². The lowest BCUT2D eigenvalue weighted by Gasteiger charge is -2.19. The molecule has 22 heavy (non-hydrogen) atoms. The normalized spacial score (nSPS) is 16.9. The zero-order valence-electron chi connectivity index (χ0n) is 12.4. The van der Waals surface area contributed by atoms with Gasteiger partial charge < -0.3 is 20.5 Å². The van der Waals surface area contributed by atoms with E-state index in [-0.39, 0.29) is 25.3 Å². The molecule has 0 spiro atoms. The number of urea groups is 1. The van der Waals surface area contributed by atoms with Gasteiger partial charge in [-0.25, -0.2) is 13.6 Å². The van der Waals surface area contributed by atoms with Gasteiger partial charge in [-0.3, -0.25) is 0 Å². The van der Waals surface area contributed by atoms with E-state index in [0.717, 1.165) is 0 Å². The fourth-order valence-electron chi connectivity index (χ4n) is 2.44. The second-order valence-corrected chi connectivity index (χ2v) is 5.55. The van der Waals surface area contributed by atoms with Gasteiger partial charge in [-0.2, -0.15) is 0 Å². The molecule has 7 heteroatoms. The average molecular weight is 314 g/mol. The Balaban J connectivity index is 1.87. The second kappa shape index (κ2) is 7.02. The molecule has 0 heterocycles. The minimum absolute atomic E-state index is 0.0368. The van der Waals surface area contributed by atoms with Crippen LogP contribution < -0.4 is 10.6 Å². The zero-order valence-corrected chi connectivity index (χ0v) is 12.4. The third-order valence-electron chi connectivity index (χ3n) is 3.79. The van der Waals surface area contributed by atoms with Crippen molar-refractivity contribution in [3.05, 3.63) is 35.4 Å². The van der Waals surface area contributed by atoms with Crippen LogP contribution in [-0.2, 0) is 10.2 Å². The molecule has 122 valence electrons. The molecule has 1 fully saturated rings. The van der Waals surface area contributed by atoms with Crippen LogP contribution in [0.1, 0.15) is 18.4 Å². The third-order valence-corrected chi connectivity index (χ3v) is 3.79. The molecule has 0 aliphatic heterocycles. The lowest BCUT2D eigenvalue weighted by atomic mass is 9.94. The van der Waals surface area contributed by atoms with E-state index in [2.05, 4.69) is 10.6 Å². The second-order valence-electron chi connectivity index (χ2n) is 5.55. The molecular weight excluding hydrogens is 294 g/mol. The number of halogens is 2. The SMILES string of the molecule is COCC(O)CNC(=O)NCC1(c2c(F)cccc2F)CC1. The van der Waals surface area contributed by atoms with Gasteiger partial charge in [-0.15, -0.1) is 0 Å². The average Bonchev–Trinajstić information content (AvgIpc) is 3.24. The number of hydrogen-bond donors (Lipinski definition) is 3. The number of aliphatic hydroxyl groups excluding tert-OH is 1. The van der Waals surface area contributed by atoms with E-state index in [4.69, 9.17) is 4.74 Å². The monoisotopic (exact) mass is 314 g/mol. The molecule has 0 bridgehead atoms. The van der Waals surface area contributed by atoms with E-state index in [0.29, 0.717) is 12.8 Å². The number of aliphatic hydroxyl groups is 1. The summed E-state index contributed by atoms with van der Waals surface area (Å²) in [5.41, 5.74) is -0.632. The minimum Gasteiger partial charge on any atom is -0.389 e.